The third-order valence-electron chi connectivity index (χ3n) is 5.88. The van der Waals surface area contributed by atoms with E-state index in [1.165, 1.54) is 37.1 Å². The summed E-state index contributed by atoms with van der Waals surface area (Å²) in [6, 6.07) is 21.8. The Morgan fingerprint density at radius 3 is 2.42 bits per heavy atom. The first kappa shape index (κ1) is 24.8. The van der Waals surface area contributed by atoms with E-state index in [0.717, 1.165) is 0 Å². The molecular weight excluding hydrogens is 506 g/mol. The lowest BCUT2D eigenvalue weighted by molar-refractivity contribution is 0.400. The molecule has 2 aromatic heterocycles. The number of benzene rings is 3. The van der Waals surface area contributed by atoms with Crippen LogP contribution in [0.3, 0.4) is 0 Å². The normalized spacial score (nSPS) is 11.3. The highest BCUT2D eigenvalue weighted by Crippen LogP contribution is 2.31. The molecule has 0 saturated heterocycles. The summed E-state index contributed by atoms with van der Waals surface area (Å²) in [6.45, 7) is 0. The van der Waals surface area contributed by atoms with Gasteiger partial charge in [-0.05, 0) is 48.0 Å². The Morgan fingerprint density at radius 2 is 1.68 bits per heavy atom. The zero-order chi connectivity index (χ0) is 26.9. The van der Waals surface area contributed by atoms with Crippen LogP contribution in [0.1, 0.15) is 0 Å². The molecule has 0 aliphatic carbocycles. The largest absolute Gasteiger partial charge is 0.497 e. The predicted octanol–water partition coefficient (Wildman–Crippen LogP) is 3.85. The van der Waals surface area contributed by atoms with E-state index >= 15 is 0 Å². The molecule has 0 aliphatic rings. The van der Waals surface area contributed by atoms with Crippen molar-refractivity contribution in [3.05, 3.63) is 95.4 Å². The lowest BCUT2D eigenvalue weighted by Crippen LogP contribution is -2.23. The highest BCUT2D eigenvalue weighted by atomic mass is 32.2. The van der Waals surface area contributed by atoms with Gasteiger partial charge in [0.25, 0.3) is 15.6 Å². The number of nitrogen functional groups attached to an aromatic ring is 1. The van der Waals surface area contributed by atoms with Gasteiger partial charge >= 0.3 is 0 Å². The molecule has 0 bridgehead atoms. The van der Waals surface area contributed by atoms with E-state index in [-0.39, 0.29) is 28.0 Å². The van der Waals surface area contributed by atoms with Crippen molar-refractivity contribution in [3.8, 4) is 28.4 Å². The van der Waals surface area contributed by atoms with E-state index in [1.807, 2.05) is 6.07 Å². The molecule has 0 atom stereocenters. The molecule has 0 spiro atoms. The Kier molecular flexibility index (Phi) is 6.43. The van der Waals surface area contributed by atoms with Gasteiger partial charge in [-0.25, -0.2) is 23.0 Å². The van der Waals surface area contributed by atoms with Gasteiger partial charge in [-0.1, -0.05) is 30.3 Å². The van der Waals surface area contributed by atoms with Crippen LogP contribution in [0.4, 0.5) is 11.6 Å². The van der Waals surface area contributed by atoms with Crippen molar-refractivity contribution in [1.82, 2.24) is 14.5 Å². The maximum Gasteiger partial charge on any atom is 0.267 e. The molecule has 192 valence electrons. The topological polar surface area (TPSA) is 138 Å². The standard InChI is InChI=1S/C27H23N5O5S/c1-36-20-9-6-10-21(15-20)38(34,35)31-24-14-18(16-29-25(24)37-2)17-11-12-23-22(13-17)26(33)32(27(28)30-23)19-7-4-3-5-8-19/h3-16,31H,1-2H3,(H2,28,30). The van der Waals surface area contributed by atoms with Crippen LogP contribution in [-0.4, -0.2) is 37.2 Å². The fourth-order valence-corrected chi connectivity index (χ4v) is 5.11. The lowest BCUT2D eigenvalue weighted by Gasteiger charge is -2.14. The molecule has 3 aromatic carbocycles. The number of anilines is 2. The number of methoxy groups -OCH3 is 2. The van der Waals surface area contributed by atoms with Crippen molar-refractivity contribution in [1.29, 1.82) is 0 Å². The highest BCUT2D eigenvalue weighted by molar-refractivity contribution is 7.92. The number of nitrogens with two attached hydrogens (primary N) is 1. The minimum absolute atomic E-state index is 0.0140. The van der Waals surface area contributed by atoms with Crippen molar-refractivity contribution in [2.75, 3.05) is 24.7 Å². The fraction of sp³-hybridized carbons (Fsp3) is 0.0741. The number of sulfonamides is 1. The third-order valence-corrected chi connectivity index (χ3v) is 7.25. The van der Waals surface area contributed by atoms with Gasteiger partial charge in [0.1, 0.15) is 11.4 Å². The Hall–Kier alpha value is -4.90. The van der Waals surface area contributed by atoms with E-state index in [4.69, 9.17) is 15.2 Å². The second kappa shape index (κ2) is 9.87. The van der Waals surface area contributed by atoms with Gasteiger partial charge in [-0.15, -0.1) is 0 Å². The number of hydrogen-bond donors (Lipinski definition) is 2. The number of aromatic nitrogens is 3. The molecule has 0 aliphatic heterocycles. The summed E-state index contributed by atoms with van der Waals surface area (Å²) in [5.74, 6) is 0.557. The van der Waals surface area contributed by atoms with E-state index in [2.05, 4.69) is 14.7 Å². The molecule has 5 rings (SSSR count). The average molecular weight is 530 g/mol. The average Bonchev–Trinajstić information content (AvgIpc) is 2.93. The number of nitrogens with one attached hydrogen (secondary N) is 1. The fourth-order valence-electron chi connectivity index (χ4n) is 4.03. The summed E-state index contributed by atoms with van der Waals surface area (Å²) in [5.41, 5.74) is 8.10. The van der Waals surface area contributed by atoms with E-state index < -0.39 is 10.0 Å². The number of ether oxygens (including phenoxy) is 2. The Labute approximate surface area is 218 Å². The number of nitrogens with zero attached hydrogens (tertiary/aromatic N) is 3. The minimum Gasteiger partial charge on any atom is -0.497 e. The molecule has 2 heterocycles. The maximum absolute atomic E-state index is 13.4. The summed E-state index contributed by atoms with van der Waals surface area (Å²) >= 11 is 0. The van der Waals surface area contributed by atoms with Crippen molar-refractivity contribution >= 4 is 32.6 Å². The molecule has 10 nitrogen and oxygen atoms in total. The summed E-state index contributed by atoms with van der Waals surface area (Å²) in [5, 5.41) is 0.342. The van der Waals surface area contributed by atoms with Gasteiger partial charge in [0.2, 0.25) is 11.8 Å². The molecule has 0 unspecified atom stereocenters. The molecule has 0 amide bonds. The van der Waals surface area contributed by atoms with Crippen molar-refractivity contribution in [2.45, 2.75) is 4.90 Å². The van der Waals surface area contributed by atoms with Crippen LogP contribution in [0.25, 0.3) is 27.7 Å². The summed E-state index contributed by atoms with van der Waals surface area (Å²) in [7, 11) is -1.14. The van der Waals surface area contributed by atoms with E-state index in [1.54, 1.807) is 60.7 Å². The third kappa shape index (κ3) is 4.62. The Balaban J connectivity index is 1.58. The first-order valence-corrected chi connectivity index (χ1v) is 12.9. The summed E-state index contributed by atoms with van der Waals surface area (Å²) in [4.78, 5) is 22.1. The van der Waals surface area contributed by atoms with Crippen molar-refractivity contribution in [2.24, 2.45) is 0 Å². The molecule has 0 radical (unpaired) electrons. The lowest BCUT2D eigenvalue weighted by atomic mass is 10.0. The molecule has 11 heteroatoms. The van der Waals surface area contributed by atoms with Gasteiger partial charge in [0.15, 0.2) is 0 Å². The molecular formula is C27H23N5O5S. The molecule has 5 aromatic rings. The van der Waals surface area contributed by atoms with Crippen LogP contribution in [0.5, 0.6) is 11.6 Å². The summed E-state index contributed by atoms with van der Waals surface area (Å²) in [6.07, 6.45) is 1.53. The Bertz CT molecular complexity index is 1820. The SMILES string of the molecule is COc1cccc(S(=O)(=O)Nc2cc(-c3ccc4nc(N)n(-c5ccccc5)c(=O)c4c3)cnc2OC)c1. The van der Waals surface area contributed by atoms with Crippen LogP contribution < -0.4 is 25.5 Å². The number of para-hydroxylation sites is 1. The first-order valence-electron chi connectivity index (χ1n) is 11.4. The maximum atomic E-state index is 13.4. The number of hydrogen-bond acceptors (Lipinski definition) is 8. The van der Waals surface area contributed by atoms with E-state index in [0.29, 0.717) is 33.5 Å². The molecule has 0 fully saturated rings. The smallest absolute Gasteiger partial charge is 0.267 e. The van der Waals surface area contributed by atoms with Crippen LogP contribution in [0, 0.1) is 0 Å². The molecule has 3 N–H and O–H groups in total. The predicted molar refractivity (Wildman–Crippen MR) is 145 cm³/mol. The number of rotatable bonds is 7. The quantitative estimate of drug-likeness (QED) is 0.324. The van der Waals surface area contributed by atoms with Gasteiger partial charge in [0.05, 0.1) is 35.7 Å². The molecule has 38 heavy (non-hydrogen) atoms. The monoisotopic (exact) mass is 529 g/mol. The number of fused-ring (bicyclic) bond motifs is 1. The second-order valence-corrected chi connectivity index (χ2v) is 9.93. The van der Waals surface area contributed by atoms with Crippen LogP contribution in [0.2, 0.25) is 0 Å². The van der Waals surface area contributed by atoms with E-state index in [9.17, 15) is 13.2 Å². The highest BCUT2D eigenvalue weighted by Gasteiger charge is 2.19. The van der Waals surface area contributed by atoms with Crippen molar-refractivity contribution in [3.63, 3.8) is 0 Å². The van der Waals surface area contributed by atoms with Gasteiger partial charge < -0.3 is 15.2 Å². The van der Waals surface area contributed by atoms with Crippen molar-refractivity contribution < 1.29 is 17.9 Å². The summed E-state index contributed by atoms with van der Waals surface area (Å²) < 4.78 is 40.5. The Morgan fingerprint density at radius 1 is 0.895 bits per heavy atom. The van der Waals surface area contributed by atoms with Crippen LogP contribution >= 0.6 is 0 Å². The molecule has 0 saturated carbocycles. The second-order valence-electron chi connectivity index (χ2n) is 8.24. The first-order chi connectivity index (χ1) is 18.3. The van der Waals surface area contributed by atoms with Crippen LogP contribution in [0.15, 0.2) is 94.7 Å². The van der Waals surface area contributed by atoms with Gasteiger partial charge in [-0.3, -0.25) is 9.52 Å². The van der Waals surface area contributed by atoms with Gasteiger partial charge in [0, 0.05) is 17.8 Å². The zero-order valence-electron chi connectivity index (χ0n) is 20.5. The van der Waals surface area contributed by atoms with Gasteiger partial charge in [-0.2, -0.15) is 0 Å². The minimum atomic E-state index is -3.99. The zero-order valence-corrected chi connectivity index (χ0v) is 21.3. The van der Waals surface area contributed by atoms with Crippen LogP contribution in [-0.2, 0) is 10.0 Å². The number of pyridine rings is 1.